The number of carbonyl (C=O) groups is 1. The average molecular weight is 287 g/mol. The lowest BCUT2D eigenvalue weighted by Crippen LogP contribution is -2.30. The van der Waals surface area contributed by atoms with Crippen LogP contribution in [-0.4, -0.2) is 24.8 Å². The summed E-state index contributed by atoms with van der Waals surface area (Å²) in [6.07, 6.45) is 2.74. The van der Waals surface area contributed by atoms with Crippen LogP contribution in [-0.2, 0) is 9.53 Å². The minimum Gasteiger partial charge on any atom is -0.368 e. The number of benzene rings is 1. The van der Waals surface area contributed by atoms with Crippen LogP contribution in [0.3, 0.4) is 0 Å². The second-order valence-electron chi connectivity index (χ2n) is 3.90. The van der Waals surface area contributed by atoms with Crippen LogP contribution in [0.15, 0.2) is 23.3 Å². The number of hydrogen-bond acceptors (Lipinski definition) is 3. The van der Waals surface area contributed by atoms with Gasteiger partial charge in [0, 0.05) is 17.2 Å². The lowest BCUT2D eigenvalue weighted by atomic mass is 10.2. The molecule has 1 aromatic rings. The first-order valence-corrected chi connectivity index (χ1v) is 6.32. The van der Waals surface area contributed by atoms with Crippen LogP contribution in [0.1, 0.15) is 18.4 Å². The molecule has 6 heteroatoms. The smallest absolute Gasteiger partial charge is 0.269 e. The van der Waals surface area contributed by atoms with E-state index in [1.165, 1.54) is 6.21 Å². The van der Waals surface area contributed by atoms with Gasteiger partial charge in [-0.3, -0.25) is 4.79 Å². The number of nitrogens with zero attached hydrogens (tertiary/aromatic N) is 1. The largest absolute Gasteiger partial charge is 0.368 e. The Hall–Kier alpha value is -1.10. The number of nitrogens with one attached hydrogen (secondary N) is 1. The minimum atomic E-state index is -0.386. The number of amides is 1. The molecule has 0 aliphatic carbocycles. The summed E-state index contributed by atoms with van der Waals surface area (Å²) >= 11 is 11.7. The van der Waals surface area contributed by atoms with Gasteiger partial charge in [0.25, 0.3) is 5.91 Å². The van der Waals surface area contributed by atoms with E-state index in [1.54, 1.807) is 18.2 Å². The summed E-state index contributed by atoms with van der Waals surface area (Å²) in [4.78, 5) is 11.6. The number of rotatable bonds is 3. The molecule has 1 fully saturated rings. The van der Waals surface area contributed by atoms with Crippen LogP contribution in [0, 0.1) is 0 Å². The SMILES string of the molecule is O=C(N/N=C\c1ccc(Cl)cc1Cl)[C@@H]1CCCO1. The Morgan fingerprint density at radius 2 is 2.33 bits per heavy atom. The van der Waals surface area contributed by atoms with Gasteiger partial charge in [-0.2, -0.15) is 5.10 Å². The number of halogens is 2. The normalized spacial score (nSPS) is 19.3. The van der Waals surface area contributed by atoms with Gasteiger partial charge in [0.05, 0.1) is 11.2 Å². The molecule has 1 aromatic carbocycles. The molecule has 1 heterocycles. The van der Waals surface area contributed by atoms with E-state index in [-0.39, 0.29) is 12.0 Å². The highest BCUT2D eigenvalue weighted by Gasteiger charge is 2.22. The molecule has 96 valence electrons. The molecule has 1 atom stereocenters. The number of ether oxygens (including phenoxy) is 1. The topological polar surface area (TPSA) is 50.7 Å². The fraction of sp³-hybridized carbons (Fsp3) is 0.333. The van der Waals surface area contributed by atoms with Gasteiger partial charge in [-0.05, 0) is 25.0 Å². The van der Waals surface area contributed by atoms with E-state index in [2.05, 4.69) is 10.5 Å². The van der Waals surface area contributed by atoms with Crippen molar-refractivity contribution >= 4 is 35.3 Å². The van der Waals surface area contributed by atoms with E-state index in [0.29, 0.717) is 22.2 Å². The number of carbonyl (C=O) groups excluding carboxylic acids is 1. The van der Waals surface area contributed by atoms with E-state index < -0.39 is 0 Å². The van der Waals surface area contributed by atoms with Crippen molar-refractivity contribution in [1.29, 1.82) is 0 Å². The molecular formula is C12H12Cl2N2O2. The standard InChI is InChI=1S/C12H12Cl2N2O2/c13-9-4-3-8(10(14)6-9)7-15-16-12(17)11-2-1-5-18-11/h3-4,6-7,11H,1-2,5H2,(H,16,17)/b15-7-/t11-/m0/s1. The zero-order valence-electron chi connectivity index (χ0n) is 9.53. The van der Waals surface area contributed by atoms with Gasteiger partial charge in [0.1, 0.15) is 6.10 Å². The first-order valence-electron chi connectivity index (χ1n) is 5.56. The van der Waals surface area contributed by atoms with Crippen molar-refractivity contribution in [2.45, 2.75) is 18.9 Å². The van der Waals surface area contributed by atoms with Crippen molar-refractivity contribution < 1.29 is 9.53 Å². The van der Waals surface area contributed by atoms with E-state index in [4.69, 9.17) is 27.9 Å². The molecule has 1 aliphatic rings. The summed E-state index contributed by atoms with van der Waals surface area (Å²) in [6, 6.07) is 5.05. The molecule has 0 radical (unpaired) electrons. The molecule has 1 aliphatic heterocycles. The molecule has 0 bridgehead atoms. The summed E-state index contributed by atoms with van der Waals surface area (Å²) in [6.45, 7) is 0.630. The maximum Gasteiger partial charge on any atom is 0.269 e. The molecule has 1 N–H and O–H groups in total. The quantitative estimate of drug-likeness (QED) is 0.686. The predicted octanol–water partition coefficient (Wildman–Crippen LogP) is 2.62. The van der Waals surface area contributed by atoms with Crippen LogP contribution in [0.2, 0.25) is 10.0 Å². The average Bonchev–Trinajstić information content (AvgIpc) is 2.85. The highest BCUT2D eigenvalue weighted by Crippen LogP contribution is 2.19. The Balaban J connectivity index is 1.92. The summed E-state index contributed by atoms with van der Waals surface area (Å²) in [5.41, 5.74) is 3.12. The second-order valence-corrected chi connectivity index (χ2v) is 4.75. The molecule has 2 rings (SSSR count). The van der Waals surface area contributed by atoms with E-state index in [9.17, 15) is 4.79 Å². The fourth-order valence-electron chi connectivity index (χ4n) is 1.63. The van der Waals surface area contributed by atoms with Gasteiger partial charge < -0.3 is 4.74 Å². The summed E-state index contributed by atoms with van der Waals surface area (Å²) < 4.78 is 5.23. The fourth-order valence-corrected chi connectivity index (χ4v) is 2.09. The number of hydrogen-bond donors (Lipinski definition) is 1. The van der Waals surface area contributed by atoms with Gasteiger partial charge in [0.15, 0.2) is 0 Å². The Morgan fingerprint density at radius 3 is 3.00 bits per heavy atom. The van der Waals surface area contributed by atoms with Crippen LogP contribution in [0.25, 0.3) is 0 Å². The van der Waals surface area contributed by atoms with E-state index >= 15 is 0 Å². The second kappa shape index (κ2) is 6.18. The predicted molar refractivity (Wildman–Crippen MR) is 71.2 cm³/mol. The van der Waals surface area contributed by atoms with Crippen molar-refractivity contribution in [3.05, 3.63) is 33.8 Å². The Bertz CT molecular complexity index is 471. The minimum absolute atomic E-state index is 0.228. The van der Waals surface area contributed by atoms with Gasteiger partial charge in [-0.15, -0.1) is 0 Å². The molecular weight excluding hydrogens is 275 g/mol. The van der Waals surface area contributed by atoms with E-state index in [0.717, 1.165) is 12.8 Å². The van der Waals surface area contributed by atoms with Crippen molar-refractivity contribution in [3.8, 4) is 0 Å². The van der Waals surface area contributed by atoms with Crippen molar-refractivity contribution in [3.63, 3.8) is 0 Å². The van der Waals surface area contributed by atoms with Gasteiger partial charge >= 0.3 is 0 Å². The third-order valence-electron chi connectivity index (χ3n) is 2.56. The first kappa shape index (κ1) is 13.3. The zero-order chi connectivity index (χ0) is 13.0. The molecule has 0 saturated carbocycles. The summed E-state index contributed by atoms with van der Waals surface area (Å²) in [7, 11) is 0. The summed E-state index contributed by atoms with van der Waals surface area (Å²) in [5.74, 6) is -0.228. The molecule has 18 heavy (non-hydrogen) atoms. The number of hydrazone groups is 1. The van der Waals surface area contributed by atoms with Crippen LogP contribution in [0.5, 0.6) is 0 Å². The van der Waals surface area contributed by atoms with Crippen molar-refractivity contribution in [2.75, 3.05) is 6.61 Å². The zero-order valence-corrected chi connectivity index (χ0v) is 11.0. The molecule has 0 spiro atoms. The van der Waals surface area contributed by atoms with Gasteiger partial charge in [-0.1, -0.05) is 29.3 Å². The molecule has 1 amide bonds. The highest BCUT2D eigenvalue weighted by molar-refractivity contribution is 6.36. The monoisotopic (exact) mass is 286 g/mol. The van der Waals surface area contributed by atoms with Crippen LogP contribution < -0.4 is 5.43 Å². The van der Waals surface area contributed by atoms with E-state index in [1.807, 2.05) is 0 Å². The van der Waals surface area contributed by atoms with Crippen LogP contribution >= 0.6 is 23.2 Å². The van der Waals surface area contributed by atoms with Crippen molar-refractivity contribution in [1.82, 2.24) is 5.43 Å². The van der Waals surface area contributed by atoms with Crippen LogP contribution in [0.4, 0.5) is 0 Å². The molecule has 1 saturated heterocycles. The van der Waals surface area contributed by atoms with Gasteiger partial charge in [0.2, 0.25) is 0 Å². The van der Waals surface area contributed by atoms with Gasteiger partial charge in [-0.25, -0.2) is 5.43 Å². The molecule has 0 aromatic heterocycles. The maximum atomic E-state index is 11.6. The molecule has 4 nitrogen and oxygen atoms in total. The first-order chi connectivity index (χ1) is 8.66. The lowest BCUT2D eigenvalue weighted by molar-refractivity contribution is -0.130. The van der Waals surface area contributed by atoms with Crippen molar-refractivity contribution in [2.24, 2.45) is 5.10 Å². The lowest BCUT2D eigenvalue weighted by Gasteiger charge is -2.06. The maximum absolute atomic E-state index is 11.6. The Labute approximate surface area is 115 Å². The molecule has 0 unspecified atom stereocenters. The Morgan fingerprint density at radius 1 is 1.50 bits per heavy atom. The Kier molecular flexibility index (Phi) is 4.58. The summed E-state index contributed by atoms with van der Waals surface area (Å²) in [5, 5.41) is 4.88. The third kappa shape index (κ3) is 3.45. The highest BCUT2D eigenvalue weighted by atomic mass is 35.5. The third-order valence-corrected chi connectivity index (χ3v) is 3.13.